The van der Waals surface area contributed by atoms with Crippen LogP contribution in [0.15, 0.2) is 29.0 Å². The van der Waals surface area contributed by atoms with Crippen molar-refractivity contribution in [1.29, 1.82) is 0 Å². The van der Waals surface area contributed by atoms with Crippen LogP contribution in [0.5, 0.6) is 0 Å². The number of aromatic nitrogens is 2. The molecule has 1 fully saturated rings. The lowest BCUT2D eigenvalue weighted by Gasteiger charge is -2.31. The summed E-state index contributed by atoms with van der Waals surface area (Å²) in [5.41, 5.74) is 2.64. The summed E-state index contributed by atoms with van der Waals surface area (Å²) in [6.07, 6.45) is 1.30. The minimum Gasteiger partial charge on any atom is -0.423 e. The summed E-state index contributed by atoms with van der Waals surface area (Å²) in [5, 5.41) is 13.7. The van der Waals surface area contributed by atoms with Crippen LogP contribution < -0.4 is 10.6 Å². The summed E-state index contributed by atoms with van der Waals surface area (Å²) in [4.78, 5) is 12.2. The zero-order valence-electron chi connectivity index (χ0n) is 12.1. The monoisotopic (exact) mass is 286 g/mol. The van der Waals surface area contributed by atoms with Crippen LogP contribution in [0.2, 0.25) is 0 Å². The minimum atomic E-state index is 0.0151. The van der Waals surface area contributed by atoms with Crippen molar-refractivity contribution in [1.82, 2.24) is 15.5 Å². The second kappa shape index (κ2) is 5.65. The maximum atomic E-state index is 12.2. The van der Waals surface area contributed by atoms with E-state index in [1.807, 2.05) is 32.0 Å². The third-order valence-corrected chi connectivity index (χ3v) is 4.02. The summed E-state index contributed by atoms with van der Waals surface area (Å²) in [6, 6.07) is 5.67. The van der Waals surface area contributed by atoms with Crippen LogP contribution in [0.25, 0.3) is 11.5 Å². The third kappa shape index (κ3) is 2.80. The lowest BCUT2D eigenvalue weighted by atomic mass is 9.88. The Morgan fingerprint density at radius 1 is 1.48 bits per heavy atom. The van der Waals surface area contributed by atoms with Crippen LogP contribution in [0.3, 0.4) is 0 Å². The van der Waals surface area contributed by atoms with Crippen LogP contribution in [0.1, 0.15) is 12.5 Å². The molecule has 1 aromatic heterocycles. The molecule has 2 aromatic rings. The highest BCUT2D eigenvalue weighted by Crippen LogP contribution is 2.24. The molecule has 1 aliphatic rings. The zero-order valence-corrected chi connectivity index (χ0v) is 12.1. The minimum absolute atomic E-state index is 0.0151. The zero-order chi connectivity index (χ0) is 14.8. The van der Waals surface area contributed by atoms with Crippen LogP contribution in [-0.4, -0.2) is 29.2 Å². The molecule has 0 aliphatic carbocycles. The molecule has 3 rings (SSSR count). The highest BCUT2D eigenvalue weighted by atomic mass is 16.4. The fraction of sp³-hybridized carbons (Fsp3) is 0.400. The van der Waals surface area contributed by atoms with Gasteiger partial charge in [-0.1, -0.05) is 6.92 Å². The molecular weight excluding hydrogens is 268 g/mol. The molecule has 110 valence electrons. The Labute approximate surface area is 123 Å². The lowest BCUT2D eigenvalue weighted by Crippen LogP contribution is -2.48. The summed E-state index contributed by atoms with van der Waals surface area (Å²) in [6.45, 7) is 5.77. The van der Waals surface area contributed by atoms with Gasteiger partial charge in [0.25, 0.3) is 0 Å². The Morgan fingerprint density at radius 2 is 2.29 bits per heavy atom. The molecule has 0 bridgehead atoms. The highest BCUT2D eigenvalue weighted by Gasteiger charge is 2.28. The Balaban J connectivity index is 1.72. The predicted octanol–water partition coefficient (Wildman–Crippen LogP) is 1.84. The summed E-state index contributed by atoms with van der Waals surface area (Å²) >= 11 is 0. The van der Waals surface area contributed by atoms with Gasteiger partial charge in [-0.3, -0.25) is 4.79 Å². The molecule has 1 atom stereocenters. The van der Waals surface area contributed by atoms with E-state index in [9.17, 15) is 4.79 Å². The molecule has 1 saturated heterocycles. The molecular formula is C15H18N4O2. The van der Waals surface area contributed by atoms with E-state index in [1.54, 1.807) is 0 Å². The van der Waals surface area contributed by atoms with E-state index in [-0.39, 0.29) is 11.8 Å². The fourth-order valence-corrected chi connectivity index (χ4v) is 2.36. The van der Waals surface area contributed by atoms with Crippen molar-refractivity contribution in [3.05, 3.63) is 30.2 Å². The first-order valence-electron chi connectivity index (χ1n) is 7.04. The number of aryl methyl sites for hydroxylation is 1. The number of benzene rings is 1. The molecule has 0 spiro atoms. The van der Waals surface area contributed by atoms with E-state index in [0.29, 0.717) is 11.8 Å². The topological polar surface area (TPSA) is 80.1 Å². The SMILES string of the molecule is Cc1cc(-c2nnco2)ccc1NC(=O)C(C)C1CNC1. The molecule has 1 unspecified atom stereocenters. The number of hydrogen-bond acceptors (Lipinski definition) is 5. The van der Waals surface area contributed by atoms with Crippen LogP contribution in [-0.2, 0) is 4.79 Å². The first kappa shape index (κ1) is 13.8. The molecule has 6 heteroatoms. The highest BCUT2D eigenvalue weighted by molar-refractivity contribution is 5.93. The quantitative estimate of drug-likeness (QED) is 0.896. The van der Waals surface area contributed by atoms with Gasteiger partial charge < -0.3 is 15.1 Å². The van der Waals surface area contributed by atoms with E-state index in [4.69, 9.17) is 4.42 Å². The molecule has 2 N–H and O–H groups in total. The standard InChI is InChI=1S/C15H18N4O2/c1-9-5-11(15-19-17-8-21-15)3-4-13(9)18-14(20)10(2)12-6-16-7-12/h3-5,8,10,12,16H,6-7H2,1-2H3,(H,18,20). The Bertz CT molecular complexity index is 635. The smallest absolute Gasteiger partial charge is 0.247 e. The average Bonchev–Trinajstić information content (AvgIpc) is 2.92. The van der Waals surface area contributed by atoms with Gasteiger partial charge in [0.15, 0.2) is 0 Å². The Kier molecular flexibility index (Phi) is 3.70. The van der Waals surface area contributed by atoms with Crippen molar-refractivity contribution in [3.8, 4) is 11.5 Å². The number of nitrogens with zero attached hydrogens (tertiary/aromatic N) is 2. The number of carbonyl (C=O) groups excluding carboxylic acids is 1. The van der Waals surface area contributed by atoms with Gasteiger partial charge in [-0.05, 0) is 49.7 Å². The van der Waals surface area contributed by atoms with Gasteiger partial charge in [-0.25, -0.2) is 0 Å². The van der Waals surface area contributed by atoms with Crippen molar-refractivity contribution in [2.75, 3.05) is 18.4 Å². The molecule has 1 amide bonds. The number of anilines is 1. The number of carbonyl (C=O) groups is 1. The predicted molar refractivity (Wildman–Crippen MR) is 78.6 cm³/mol. The second-order valence-electron chi connectivity index (χ2n) is 5.47. The maximum Gasteiger partial charge on any atom is 0.247 e. The molecule has 2 heterocycles. The van der Waals surface area contributed by atoms with Crippen molar-refractivity contribution in [2.24, 2.45) is 11.8 Å². The number of nitrogens with one attached hydrogen (secondary N) is 2. The number of hydrogen-bond donors (Lipinski definition) is 2. The van der Waals surface area contributed by atoms with Gasteiger partial charge in [-0.15, -0.1) is 10.2 Å². The first-order chi connectivity index (χ1) is 10.1. The van der Waals surface area contributed by atoms with E-state index in [2.05, 4.69) is 20.8 Å². The summed E-state index contributed by atoms with van der Waals surface area (Å²) in [7, 11) is 0. The number of amides is 1. The van der Waals surface area contributed by atoms with E-state index in [1.165, 1.54) is 6.39 Å². The van der Waals surface area contributed by atoms with Crippen LogP contribution in [0.4, 0.5) is 5.69 Å². The van der Waals surface area contributed by atoms with Gasteiger partial charge in [-0.2, -0.15) is 0 Å². The van der Waals surface area contributed by atoms with Gasteiger partial charge in [0.05, 0.1) is 0 Å². The largest absolute Gasteiger partial charge is 0.423 e. The number of rotatable bonds is 4. The van der Waals surface area contributed by atoms with Crippen molar-refractivity contribution >= 4 is 11.6 Å². The van der Waals surface area contributed by atoms with E-state index >= 15 is 0 Å². The van der Waals surface area contributed by atoms with E-state index < -0.39 is 0 Å². The second-order valence-corrected chi connectivity index (χ2v) is 5.47. The van der Waals surface area contributed by atoms with Gasteiger partial charge >= 0.3 is 0 Å². The molecule has 21 heavy (non-hydrogen) atoms. The molecule has 0 radical (unpaired) electrons. The van der Waals surface area contributed by atoms with Gasteiger partial charge in [0.2, 0.25) is 18.2 Å². The van der Waals surface area contributed by atoms with Crippen molar-refractivity contribution in [3.63, 3.8) is 0 Å². The van der Waals surface area contributed by atoms with Gasteiger partial charge in [0.1, 0.15) is 0 Å². The van der Waals surface area contributed by atoms with Gasteiger partial charge in [0, 0.05) is 17.2 Å². The summed E-state index contributed by atoms with van der Waals surface area (Å²) < 4.78 is 5.17. The normalized spacial score (nSPS) is 16.3. The van der Waals surface area contributed by atoms with E-state index in [0.717, 1.165) is 29.9 Å². The first-order valence-corrected chi connectivity index (χ1v) is 7.04. The fourth-order valence-electron chi connectivity index (χ4n) is 2.36. The third-order valence-electron chi connectivity index (χ3n) is 4.02. The van der Waals surface area contributed by atoms with Crippen LogP contribution in [0, 0.1) is 18.8 Å². The molecule has 0 saturated carbocycles. The molecule has 6 nitrogen and oxygen atoms in total. The lowest BCUT2D eigenvalue weighted by molar-refractivity contribution is -0.121. The maximum absolute atomic E-state index is 12.2. The Hall–Kier alpha value is -2.21. The van der Waals surface area contributed by atoms with Crippen molar-refractivity contribution in [2.45, 2.75) is 13.8 Å². The van der Waals surface area contributed by atoms with Crippen LogP contribution >= 0.6 is 0 Å². The summed E-state index contributed by atoms with van der Waals surface area (Å²) in [5.74, 6) is 0.990. The molecule has 1 aromatic carbocycles. The molecule has 1 aliphatic heterocycles. The van der Waals surface area contributed by atoms with Crippen molar-refractivity contribution < 1.29 is 9.21 Å². The average molecular weight is 286 g/mol. The Morgan fingerprint density at radius 3 is 2.86 bits per heavy atom.